The van der Waals surface area contributed by atoms with Crippen molar-refractivity contribution in [2.75, 3.05) is 28.3 Å². The first kappa shape index (κ1) is 18.8. The molecule has 0 aliphatic carbocycles. The highest BCUT2D eigenvalue weighted by Crippen LogP contribution is 2.15. The number of aliphatic imine (C=N–C) groups is 1. The van der Waals surface area contributed by atoms with Gasteiger partial charge in [0.1, 0.15) is 6.17 Å². The molecule has 1 atom stereocenters. The van der Waals surface area contributed by atoms with Crippen LogP contribution in [-0.4, -0.2) is 50.6 Å². The van der Waals surface area contributed by atoms with E-state index in [1.807, 2.05) is 49.9 Å². The molecule has 5 heteroatoms. The molecule has 0 aliphatic heterocycles. The van der Waals surface area contributed by atoms with E-state index in [1.54, 1.807) is 26.6 Å². The molecule has 0 saturated carbocycles. The summed E-state index contributed by atoms with van der Waals surface area (Å²) in [5, 5.41) is 0. The highest BCUT2D eigenvalue weighted by atomic mass is 16.5. The van der Waals surface area contributed by atoms with Gasteiger partial charge in [-0.2, -0.15) is 0 Å². The summed E-state index contributed by atoms with van der Waals surface area (Å²) in [6, 6.07) is 0. The zero-order valence-electron chi connectivity index (χ0n) is 14.0. The van der Waals surface area contributed by atoms with Crippen molar-refractivity contribution in [1.82, 2.24) is 9.80 Å². The predicted molar refractivity (Wildman–Crippen MR) is 88.7 cm³/mol. The standard InChI is InChI=1S/C16H27N3O2/c1-9-11-13(3)17-12-18(5)14(4)19(6)16(21-8)15(10-2)20-7/h9-12,14H,2-3H2,1,4-8H3/b11-9-,16-15-,17-12?. The van der Waals surface area contributed by atoms with Gasteiger partial charge in [0, 0.05) is 14.1 Å². The molecule has 0 spiro atoms. The van der Waals surface area contributed by atoms with Gasteiger partial charge >= 0.3 is 0 Å². The molecule has 0 radical (unpaired) electrons. The normalized spacial score (nSPS) is 13.8. The molecule has 21 heavy (non-hydrogen) atoms. The summed E-state index contributed by atoms with van der Waals surface area (Å²) in [5.41, 5.74) is 0.699. The minimum absolute atomic E-state index is 0.00667. The summed E-state index contributed by atoms with van der Waals surface area (Å²) in [5.74, 6) is 1.18. The van der Waals surface area contributed by atoms with Crippen LogP contribution in [0.3, 0.4) is 0 Å². The van der Waals surface area contributed by atoms with Crippen LogP contribution in [0.15, 0.2) is 53.7 Å². The Morgan fingerprint density at radius 3 is 2.29 bits per heavy atom. The molecule has 0 aliphatic rings. The molecule has 0 amide bonds. The zero-order chi connectivity index (χ0) is 16.4. The molecule has 0 N–H and O–H groups in total. The topological polar surface area (TPSA) is 37.3 Å². The molecule has 0 aromatic heterocycles. The highest BCUT2D eigenvalue weighted by Gasteiger charge is 2.19. The van der Waals surface area contributed by atoms with Gasteiger partial charge in [0.15, 0.2) is 5.76 Å². The Morgan fingerprint density at radius 1 is 1.24 bits per heavy atom. The molecule has 0 rings (SSSR count). The van der Waals surface area contributed by atoms with Crippen molar-refractivity contribution in [1.29, 1.82) is 0 Å². The monoisotopic (exact) mass is 293 g/mol. The Labute approximate surface area is 128 Å². The van der Waals surface area contributed by atoms with Crippen LogP contribution in [0.5, 0.6) is 0 Å². The van der Waals surface area contributed by atoms with Crippen LogP contribution in [0.1, 0.15) is 13.8 Å². The lowest BCUT2D eigenvalue weighted by Gasteiger charge is -2.33. The van der Waals surface area contributed by atoms with Crippen molar-refractivity contribution < 1.29 is 9.47 Å². The van der Waals surface area contributed by atoms with Crippen molar-refractivity contribution in [3.63, 3.8) is 0 Å². The first-order chi connectivity index (χ1) is 9.92. The van der Waals surface area contributed by atoms with Crippen LogP contribution < -0.4 is 0 Å². The molecule has 0 fully saturated rings. The maximum Gasteiger partial charge on any atom is 0.234 e. The van der Waals surface area contributed by atoms with Crippen molar-refractivity contribution >= 4 is 6.34 Å². The van der Waals surface area contributed by atoms with Crippen LogP contribution in [0.4, 0.5) is 0 Å². The summed E-state index contributed by atoms with van der Waals surface area (Å²) in [7, 11) is 7.03. The van der Waals surface area contributed by atoms with Gasteiger partial charge in [-0.15, -0.1) is 0 Å². The van der Waals surface area contributed by atoms with Gasteiger partial charge < -0.3 is 19.3 Å². The van der Waals surface area contributed by atoms with Crippen LogP contribution in [0.25, 0.3) is 0 Å². The fourth-order valence-electron chi connectivity index (χ4n) is 1.62. The van der Waals surface area contributed by atoms with E-state index in [4.69, 9.17) is 9.47 Å². The van der Waals surface area contributed by atoms with E-state index in [0.717, 1.165) is 0 Å². The largest absolute Gasteiger partial charge is 0.491 e. The molecule has 0 saturated heterocycles. The van der Waals surface area contributed by atoms with E-state index in [9.17, 15) is 0 Å². The van der Waals surface area contributed by atoms with Crippen molar-refractivity contribution in [2.45, 2.75) is 20.0 Å². The van der Waals surface area contributed by atoms with Crippen LogP contribution in [0, 0.1) is 0 Å². The maximum atomic E-state index is 5.40. The molecular formula is C16H27N3O2. The van der Waals surface area contributed by atoms with E-state index in [0.29, 0.717) is 17.3 Å². The van der Waals surface area contributed by atoms with Crippen molar-refractivity contribution in [2.24, 2.45) is 4.99 Å². The third-order valence-corrected chi connectivity index (χ3v) is 3.04. The van der Waals surface area contributed by atoms with Gasteiger partial charge in [-0.05, 0) is 26.0 Å². The maximum absolute atomic E-state index is 5.40. The molecule has 0 bridgehead atoms. The number of methoxy groups -OCH3 is 2. The molecule has 5 nitrogen and oxygen atoms in total. The molecule has 118 valence electrons. The predicted octanol–water partition coefficient (Wildman–Crippen LogP) is 2.96. The Morgan fingerprint density at radius 2 is 1.86 bits per heavy atom. The molecular weight excluding hydrogens is 266 g/mol. The van der Waals surface area contributed by atoms with Gasteiger partial charge in [0.2, 0.25) is 5.88 Å². The minimum atomic E-state index is 0.00667. The van der Waals surface area contributed by atoms with Crippen LogP contribution >= 0.6 is 0 Å². The summed E-state index contributed by atoms with van der Waals surface area (Å²) < 4.78 is 10.7. The third kappa shape index (κ3) is 5.77. The van der Waals surface area contributed by atoms with Crippen molar-refractivity contribution in [3.05, 3.63) is 48.7 Å². The number of rotatable bonds is 9. The second kappa shape index (κ2) is 9.69. The van der Waals surface area contributed by atoms with E-state index in [-0.39, 0.29) is 6.17 Å². The Bertz CT molecular complexity index is 439. The second-order valence-corrected chi connectivity index (χ2v) is 4.43. The van der Waals surface area contributed by atoms with Gasteiger partial charge in [-0.25, -0.2) is 4.99 Å². The number of ether oxygens (including phenoxy) is 2. The number of hydrogen-bond acceptors (Lipinski definition) is 4. The Hall–Kier alpha value is -2.17. The van der Waals surface area contributed by atoms with Gasteiger partial charge in [-0.1, -0.05) is 19.2 Å². The van der Waals surface area contributed by atoms with E-state index in [1.165, 1.54) is 0 Å². The molecule has 0 aromatic rings. The highest BCUT2D eigenvalue weighted by molar-refractivity contribution is 5.57. The van der Waals surface area contributed by atoms with E-state index < -0.39 is 0 Å². The Kier molecular flexibility index (Phi) is 8.69. The molecule has 0 heterocycles. The molecule has 0 aromatic carbocycles. The first-order valence-electron chi connectivity index (χ1n) is 6.68. The van der Waals surface area contributed by atoms with Gasteiger partial charge in [0.25, 0.3) is 0 Å². The van der Waals surface area contributed by atoms with Crippen molar-refractivity contribution in [3.8, 4) is 0 Å². The second-order valence-electron chi connectivity index (χ2n) is 4.43. The fraction of sp³-hybridized carbons (Fsp3) is 0.438. The average molecular weight is 293 g/mol. The molecule has 1 unspecified atom stereocenters. The van der Waals surface area contributed by atoms with E-state index >= 15 is 0 Å². The van der Waals surface area contributed by atoms with Crippen LogP contribution in [-0.2, 0) is 9.47 Å². The van der Waals surface area contributed by atoms with E-state index in [2.05, 4.69) is 18.2 Å². The summed E-state index contributed by atoms with van der Waals surface area (Å²) in [6.07, 6.45) is 7.10. The van der Waals surface area contributed by atoms with Gasteiger partial charge in [0.05, 0.1) is 26.3 Å². The lowest BCUT2D eigenvalue weighted by molar-refractivity contribution is 0.0825. The number of allylic oxidation sites excluding steroid dienone is 3. The third-order valence-electron chi connectivity index (χ3n) is 3.04. The van der Waals surface area contributed by atoms with Crippen LogP contribution in [0.2, 0.25) is 0 Å². The SMILES string of the molecule is C=C/C(OC)=C(/OC)N(C)C(C)N(C)C=NC(=C)/C=C\C. The van der Waals surface area contributed by atoms with Gasteiger partial charge in [-0.3, -0.25) is 0 Å². The smallest absolute Gasteiger partial charge is 0.234 e. The first-order valence-corrected chi connectivity index (χ1v) is 6.68. The average Bonchev–Trinajstić information content (AvgIpc) is 2.48. The summed E-state index contributed by atoms with van der Waals surface area (Å²) in [4.78, 5) is 8.16. The lowest BCUT2D eigenvalue weighted by atomic mass is 10.4. The number of nitrogens with zero attached hydrogens (tertiary/aromatic N) is 3. The summed E-state index contributed by atoms with van der Waals surface area (Å²) >= 11 is 0. The quantitative estimate of drug-likeness (QED) is 0.215. The number of hydrogen-bond donors (Lipinski definition) is 0. The Balaban J connectivity index is 5.05. The fourth-order valence-corrected chi connectivity index (χ4v) is 1.62. The lowest BCUT2D eigenvalue weighted by Crippen LogP contribution is -2.42. The summed E-state index contributed by atoms with van der Waals surface area (Å²) in [6.45, 7) is 11.5. The zero-order valence-corrected chi connectivity index (χ0v) is 14.0. The minimum Gasteiger partial charge on any atom is -0.491 e.